The highest BCUT2D eigenvalue weighted by Crippen LogP contribution is 2.46. The fourth-order valence-electron chi connectivity index (χ4n) is 3.84. The molecule has 0 unspecified atom stereocenters. The van der Waals surface area contributed by atoms with Crippen LogP contribution in [0.5, 0.6) is 5.75 Å². The molecule has 2 atom stereocenters. The minimum atomic E-state index is -0.426. The van der Waals surface area contributed by atoms with E-state index in [4.69, 9.17) is 9.47 Å². The number of nitrogens with zero attached hydrogens (tertiary/aromatic N) is 2. The van der Waals surface area contributed by atoms with E-state index in [1.165, 1.54) is 12.1 Å². The van der Waals surface area contributed by atoms with E-state index in [9.17, 15) is 15.4 Å². The number of hydrogen-bond acceptors (Lipinski definition) is 5. The molecular weight excluding hydrogens is 392 g/mol. The van der Waals surface area contributed by atoms with Gasteiger partial charge in [-0.15, -0.1) is 0 Å². The molecule has 0 saturated carbocycles. The number of hydrogen-bond donors (Lipinski definition) is 0. The first-order valence-corrected chi connectivity index (χ1v) is 9.85. The Morgan fingerprint density at radius 1 is 1.00 bits per heavy atom. The molecular formula is C25H20N2O4. The summed E-state index contributed by atoms with van der Waals surface area (Å²) >= 11 is 0. The molecule has 6 heteroatoms. The molecule has 1 aliphatic heterocycles. The zero-order valence-electron chi connectivity index (χ0n) is 16.9. The van der Waals surface area contributed by atoms with Crippen LogP contribution in [0.15, 0.2) is 84.4 Å². The Morgan fingerprint density at radius 3 is 2.23 bits per heavy atom. The van der Waals surface area contributed by atoms with E-state index >= 15 is 0 Å². The molecule has 3 aromatic rings. The van der Waals surface area contributed by atoms with E-state index in [-0.39, 0.29) is 17.7 Å². The lowest BCUT2D eigenvalue weighted by Crippen LogP contribution is -2.19. The minimum absolute atomic E-state index is 0.0216. The Hall–Kier alpha value is -4.11. The van der Waals surface area contributed by atoms with Crippen molar-refractivity contribution < 1.29 is 14.4 Å². The lowest BCUT2D eigenvalue weighted by molar-refractivity contribution is -0.384. The summed E-state index contributed by atoms with van der Waals surface area (Å²) in [4.78, 5) is 10.6. The number of rotatable bonds is 5. The zero-order valence-corrected chi connectivity index (χ0v) is 16.9. The summed E-state index contributed by atoms with van der Waals surface area (Å²) in [5.41, 5.74) is 3.18. The molecule has 0 N–H and O–H groups in total. The number of methoxy groups -OCH3 is 1. The molecule has 154 valence electrons. The van der Waals surface area contributed by atoms with Crippen molar-refractivity contribution in [2.75, 3.05) is 7.11 Å². The second kappa shape index (κ2) is 8.72. The molecule has 1 aliphatic rings. The van der Waals surface area contributed by atoms with Crippen LogP contribution in [0, 0.1) is 21.4 Å². The maximum Gasteiger partial charge on any atom is 0.269 e. The number of non-ortho nitro benzene ring substituents is 1. The maximum absolute atomic E-state index is 11.0. The summed E-state index contributed by atoms with van der Waals surface area (Å²) in [6, 6.07) is 25.9. The molecule has 0 amide bonds. The Morgan fingerprint density at radius 2 is 1.65 bits per heavy atom. The van der Waals surface area contributed by atoms with Crippen molar-refractivity contribution in [3.8, 4) is 11.8 Å². The molecule has 0 bridgehead atoms. The highest BCUT2D eigenvalue weighted by molar-refractivity contribution is 5.70. The number of allylic oxidation sites excluding steroid dienone is 1. The van der Waals surface area contributed by atoms with E-state index < -0.39 is 4.92 Å². The van der Waals surface area contributed by atoms with Gasteiger partial charge in [-0.2, -0.15) is 5.26 Å². The van der Waals surface area contributed by atoms with Crippen molar-refractivity contribution in [1.29, 1.82) is 5.26 Å². The van der Waals surface area contributed by atoms with Crippen LogP contribution in [-0.2, 0) is 4.74 Å². The number of benzene rings is 3. The van der Waals surface area contributed by atoms with Gasteiger partial charge in [-0.25, -0.2) is 0 Å². The van der Waals surface area contributed by atoms with E-state index in [0.717, 1.165) is 22.4 Å². The molecule has 0 saturated heterocycles. The third-order valence-electron chi connectivity index (χ3n) is 5.45. The maximum atomic E-state index is 11.0. The fourth-order valence-corrected chi connectivity index (χ4v) is 3.84. The SMILES string of the molecule is COc1ccc([C@@H]2C[C@H](c3ccc([N+](=O)[O-])cc3)C(C#N)=C(c3ccccc3)O2)cc1. The smallest absolute Gasteiger partial charge is 0.269 e. The van der Waals surface area contributed by atoms with Crippen molar-refractivity contribution >= 4 is 11.4 Å². The molecule has 1 heterocycles. The highest BCUT2D eigenvalue weighted by Gasteiger charge is 2.33. The average Bonchev–Trinajstić information content (AvgIpc) is 2.84. The zero-order chi connectivity index (χ0) is 21.8. The van der Waals surface area contributed by atoms with Crippen LogP contribution in [0.25, 0.3) is 5.76 Å². The van der Waals surface area contributed by atoms with E-state index in [0.29, 0.717) is 17.8 Å². The molecule has 0 aliphatic carbocycles. The predicted octanol–water partition coefficient (Wildman–Crippen LogP) is 5.78. The molecule has 0 aromatic heterocycles. The number of nitriles is 1. The van der Waals surface area contributed by atoms with Crippen LogP contribution in [0.3, 0.4) is 0 Å². The van der Waals surface area contributed by atoms with Gasteiger partial charge in [-0.05, 0) is 23.3 Å². The summed E-state index contributed by atoms with van der Waals surface area (Å²) in [5.74, 6) is 1.04. The highest BCUT2D eigenvalue weighted by atomic mass is 16.6. The van der Waals surface area contributed by atoms with Gasteiger partial charge in [0.1, 0.15) is 17.6 Å². The van der Waals surface area contributed by atoms with Gasteiger partial charge in [0.25, 0.3) is 5.69 Å². The first-order chi connectivity index (χ1) is 15.1. The van der Waals surface area contributed by atoms with Crippen molar-refractivity contribution in [3.63, 3.8) is 0 Å². The monoisotopic (exact) mass is 412 g/mol. The van der Waals surface area contributed by atoms with Crippen molar-refractivity contribution in [2.24, 2.45) is 0 Å². The normalized spacial score (nSPS) is 18.1. The van der Waals surface area contributed by atoms with Gasteiger partial charge in [-0.1, -0.05) is 54.6 Å². The molecule has 0 fully saturated rings. The Balaban J connectivity index is 1.80. The molecule has 4 rings (SSSR count). The lowest BCUT2D eigenvalue weighted by atomic mass is 9.81. The van der Waals surface area contributed by atoms with Gasteiger partial charge in [0.15, 0.2) is 0 Å². The Kier molecular flexibility index (Phi) is 5.67. The Bertz CT molecular complexity index is 1150. The van der Waals surface area contributed by atoms with Crippen molar-refractivity contribution in [3.05, 3.63) is 111 Å². The van der Waals surface area contributed by atoms with Gasteiger partial charge in [-0.3, -0.25) is 10.1 Å². The first-order valence-electron chi connectivity index (χ1n) is 9.85. The number of nitro groups is 1. The second-order valence-electron chi connectivity index (χ2n) is 7.24. The molecule has 31 heavy (non-hydrogen) atoms. The molecule has 3 aromatic carbocycles. The largest absolute Gasteiger partial charge is 0.497 e. The minimum Gasteiger partial charge on any atom is -0.497 e. The van der Waals surface area contributed by atoms with Crippen LogP contribution in [0.2, 0.25) is 0 Å². The topological polar surface area (TPSA) is 85.4 Å². The van der Waals surface area contributed by atoms with Crippen LogP contribution in [-0.4, -0.2) is 12.0 Å². The molecule has 0 spiro atoms. The third kappa shape index (κ3) is 4.12. The van der Waals surface area contributed by atoms with Crippen LogP contribution < -0.4 is 4.74 Å². The summed E-state index contributed by atoms with van der Waals surface area (Å²) in [7, 11) is 1.62. The summed E-state index contributed by atoms with van der Waals surface area (Å²) in [6.45, 7) is 0. The van der Waals surface area contributed by atoms with Gasteiger partial charge < -0.3 is 9.47 Å². The average molecular weight is 412 g/mol. The van der Waals surface area contributed by atoms with Crippen molar-refractivity contribution in [2.45, 2.75) is 18.4 Å². The third-order valence-corrected chi connectivity index (χ3v) is 5.45. The standard InChI is InChI=1S/C25H20N2O4/c1-30-21-13-9-18(10-14-21)24-15-22(17-7-11-20(12-8-17)27(28)29)23(16-26)25(31-24)19-5-3-2-4-6-19/h2-14,22,24H,15H2,1H3/t22-,24+/m1/s1. The summed E-state index contributed by atoms with van der Waals surface area (Å²) in [6.07, 6.45) is 0.266. The second-order valence-corrected chi connectivity index (χ2v) is 7.24. The quantitative estimate of drug-likeness (QED) is 0.391. The van der Waals surface area contributed by atoms with Gasteiger partial charge in [0, 0.05) is 30.0 Å². The summed E-state index contributed by atoms with van der Waals surface area (Å²) < 4.78 is 11.6. The fraction of sp³-hybridized carbons (Fsp3) is 0.160. The van der Waals surface area contributed by atoms with Crippen LogP contribution in [0.1, 0.15) is 35.1 Å². The molecule has 0 radical (unpaired) electrons. The van der Waals surface area contributed by atoms with Crippen LogP contribution in [0.4, 0.5) is 5.69 Å². The van der Waals surface area contributed by atoms with Gasteiger partial charge in [0.2, 0.25) is 0 Å². The van der Waals surface area contributed by atoms with E-state index in [2.05, 4.69) is 6.07 Å². The Labute approximate surface area is 180 Å². The summed E-state index contributed by atoms with van der Waals surface area (Å²) in [5, 5.41) is 21.1. The molecule has 6 nitrogen and oxygen atoms in total. The van der Waals surface area contributed by atoms with E-state index in [1.807, 2.05) is 54.6 Å². The first kappa shape index (κ1) is 20.2. The number of nitro benzene ring substituents is 1. The number of ether oxygens (including phenoxy) is 2. The lowest BCUT2D eigenvalue weighted by Gasteiger charge is -2.32. The predicted molar refractivity (Wildman–Crippen MR) is 116 cm³/mol. The van der Waals surface area contributed by atoms with Crippen molar-refractivity contribution in [1.82, 2.24) is 0 Å². The van der Waals surface area contributed by atoms with E-state index in [1.54, 1.807) is 19.2 Å². The van der Waals surface area contributed by atoms with Gasteiger partial charge >= 0.3 is 0 Å². The van der Waals surface area contributed by atoms with Crippen LogP contribution >= 0.6 is 0 Å². The van der Waals surface area contributed by atoms with Gasteiger partial charge in [0.05, 0.1) is 23.7 Å².